The second kappa shape index (κ2) is 10.1. The van der Waals surface area contributed by atoms with Gasteiger partial charge in [-0.2, -0.15) is 0 Å². The molecule has 7 heteroatoms. The van der Waals surface area contributed by atoms with E-state index < -0.39 is 0 Å². The number of fused-ring (bicyclic) bond motifs is 1. The van der Waals surface area contributed by atoms with Crippen molar-refractivity contribution in [1.29, 1.82) is 0 Å². The molecule has 0 spiro atoms. The molecule has 1 amide bonds. The topological polar surface area (TPSA) is 78.1 Å². The molecule has 1 fully saturated rings. The first-order valence-corrected chi connectivity index (χ1v) is 13.3. The van der Waals surface area contributed by atoms with E-state index in [1.165, 1.54) is 42.6 Å². The van der Waals surface area contributed by atoms with Gasteiger partial charge in [0.25, 0.3) is 5.56 Å². The average molecular weight is 477 g/mol. The molecule has 178 valence electrons. The van der Waals surface area contributed by atoms with Crippen molar-refractivity contribution in [3.63, 3.8) is 0 Å². The van der Waals surface area contributed by atoms with Crippen LogP contribution >= 0.6 is 11.3 Å². The quantitative estimate of drug-likeness (QED) is 0.481. The number of anilines is 1. The summed E-state index contributed by atoms with van der Waals surface area (Å²) < 4.78 is 0.644. The third kappa shape index (κ3) is 4.80. The number of hydrogen-bond donors (Lipinski definition) is 2. The summed E-state index contributed by atoms with van der Waals surface area (Å²) in [5.41, 5.74) is 5.36. The largest absolute Gasteiger partial charge is 0.355 e. The van der Waals surface area contributed by atoms with Crippen LogP contribution in [0.5, 0.6) is 0 Å². The van der Waals surface area contributed by atoms with Crippen LogP contribution in [-0.2, 0) is 4.79 Å². The fraction of sp³-hybridized carbons (Fsp3) is 0.444. The molecule has 3 heterocycles. The third-order valence-electron chi connectivity index (χ3n) is 7.07. The van der Waals surface area contributed by atoms with Gasteiger partial charge in [0.1, 0.15) is 4.70 Å². The monoisotopic (exact) mass is 476 g/mol. The molecule has 1 atom stereocenters. The van der Waals surface area contributed by atoms with Crippen LogP contribution in [0.4, 0.5) is 5.95 Å². The molecule has 1 aliphatic carbocycles. The molecule has 34 heavy (non-hydrogen) atoms. The average Bonchev–Trinajstić information content (AvgIpc) is 3.29. The lowest BCUT2D eigenvalue weighted by Gasteiger charge is -2.32. The minimum Gasteiger partial charge on any atom is -0.355 e. The van der Waals surface area contributed by atoms with Crippen LogP contribution in [0.2, 0.25) is 0 Å². The second-order valence-corrected chi connectivity index (χ2v) is 10.3. The lowest BCUT2D eigenvalue weighted by molar-refractivity contribution is -0.125. The predicted octanol–water partition coefficient (Wildman–Crippen LogP) is 5.18. The number of aromatic amines is 1. The highest BCUT2D eigenvalue weighted by Crippen LogP contribution is 2.34. The SMILES string of the molecule is Cc1ccccc1-c1csc2c(=O)[nH]c(N3CCCC(C(=O)NCCC4=CCCCC4)C3)nc12. The van der Waals surface area contributed by atoms with Crippen LogP contribution in [0.1, 0.15) is 50.5 Å². The number of hydrogen-bond acceptors (Lipinski definition) is 5. The zero-order valence-electron chi connectivity index (χ0n) is 19.7. The summed E-state index contributed by atoms with van der Waals surface area (Å²) >= 11 is 1.43. The number of piperidine rings is 1. The van der Waals surface area contributed by atoms with Crippen molar-refractivity contribution in [3.05, 3.63) is 57.2 Å². The van der Waals surface area contributed by atoms with Crippen LogP contribution < -0.4 is 15.8 Å². The number of aryl methyl sites for hydroxylation is 1. The lowest BCUT2D eigenvalue weighted by Crippen LogP contribution is -2.44. The zero-order chi connectivity index (χ0) is 23.5. The Labute approximate surface area is 204 Å². The summed E-state index contributed by atoms with van der Waals surface area (Å²) in [5, 5.41) is 5.17. The van der Waals surface area contributed by atoms with E-state index in [9.17, 15) is 9.59 Å². The lowest BCUT2D eigenvalue weighted by atomic mass is 9.96. The van der Waals surface area contributed by atoms with Crippen LogP contribution in [0.15, 0.2) is 46.1 Å². The van der Waals surface area contributed by atoms with Crippen LogP contribution in [0, 0.1) is 12.8 Å². The maximum atomic E-state index is 12.9. The number of nitrogens with zero attached hydrogens (tertiary/aromatic N) is 2. The molecule has 0 saturated carbocycles. The van der Waals surface area contributed by atoms with E-state index in [0.29, 0.717) is 23.7 Å². The Morgan fingerprint density at radius 2 is 2.12 bits per heavy atom. The summed E-state index contributed by atoms with van der Waals surface area (Å²) in [6.45, 7) is 4.14. The first kappa shape index (κ1) is 22.8. The number of carbonyl (C=O) groups excluding carboxylic acids is 1. The molecule has 0 radical (unpaired) electrons. The van der Waals surface area contributed by atoms with E-state index in [0.717, 1.165) is 48.0 Å². The van der Waals surface area contributed by atoms with Gasteiger partial charge in [0.05, 0.1) is 11.4 Å². The number of carbonyl (C=O) groups is 1. The summed E-state index contributed by atoms with van der Waals surface area (Å²) in [7, 11) is 0. The Kier molecular flexibility index (Phi) is 6.81. The highest BCUT2D eigenvalue weighted by molar-refractivity contribution is 7.17. The van der Waals surface area contributed by atoms with Gasteiger partial charge in [-0.25, -0.2) is 4.98 Å². The summed E-state index contributed by atoms with van der Waals surface area (Å²) in [5.74, 6) is 0.588. The maximum absolute atomic E-state index is 12.9. The van der Waals surface area contributed by atoms with E-state index in [4.69, 9.17) is 4.98 Å². The van der Waals surface area contributed by atoms with Crippen molar-refractivity contribution in [2.24, 2.45) is 5.92 Å². The highest BCUT2D eigenvalue weighted by Gasteiger charge is 2.27. The number of amides is 1. The molecule has 1 aromatic carbocycles. The number of allylic oxidation sites excluding steroid dienone is 1. The Hall–Kier alpha value is -2.93. The molecule has 5 rings (SSSR count). The second-order valence-electron chi connectivity index (χ2n) is 9.47. The van der Waals surface area contributed by atoms with Crippen molar-refractivity contribution >= 4 is 33.4 Å². The molecule has 6 nitrogen and oxygen atoms in total. The minimum absolute atomic E-state index is 0.0894. The van der Waals surface area contributed by atoms with Crippen LogP contribution in [0.3, 0.4) is 0 Å². The highest BCUT2D eigenvalue weighted by atomic mass is 32.1. The van der Waals surface area contributed by atoms with E-state index in [1.807, 2.05) is 17.5 Å². The fourth-order valence-electron chi connectivity index (χ4n) is 5.14. The van der Waals surface area contributed by atoms with Gasteiger partial charge >= 0.3 is 0 Å². The summed E-state index contributed by atoms with van der Waals surface area (Å²) in [6, 6.07) is 8.18. The first-order valence-electron chi connectivity index (χ1n) is 12.4. The molecular weight excluding hydrogens is 444 g/mol. The van der Waals surface area contributed by atoms with Crippen molar-refractivity contribution < 1.29 is 4.79 Å². The minimum atomic E-state index is -0.114. The predicted molar refractivity (Wildman–Crippen MR) is 140 cm³/mol. The standard InChI is InChI=1S/C27H32N4O2S/c1-18-8-5-6-12-21(18)22-17-34-24-23(22)29-27(30-26(24)33)31-15-7-11-20(16-31)25(32)28-14-13-19-9-3-2-4-10-19/h5-6,8-9,12,17,20H,2-4,7,10-11,13-16H2,1H3,(H,28,32)(H,29,30,33). The van der Waals surface area contributed by atoms with Crippen molar-refractivity contribution in [1.82, 2.24) is 15.3 Å². The molecule has 3 aromatic rings. The third-order valence-corrected chi connectivity index (χ3v) is 8.04. The number of nitrogens with one attached hydrogen (secondary N) is 2. The van der Waals surface area contributed by atoms with Gasteiger partial charge in [0.2, 0.25) is 11.9 Å². The molecule has 1 aliphatic heterocycles. The van der Waals surface area contributed by atoms with Gasteiger partial charge in [-0.3, -0.25) is 14.6 Å². The van der Waals surface area contributed by atoms with E-state index in [-0.39, 0.29) is 17.4 Å². The Bertz CT molecular complexity index is 1280. The van der Waals surface area contributed by atoms with Crippen molar-refractivity contribution in [3.8, 4) is 11.1 Å². The first-order chi connectivity index (χ1) is 16.6. The van der Waals surface area contributed by atoms with Crippen molar-refractivity contribution in [2.75, 3.05) is 24.5 Å². The van der Waals surface area contributed by atoms with Crippen LogP contribution in [0.25, 0.3) is 21.3 Å². The van der Waals surface area contributed by atoms with E-state index in [1.54, 1.807) is 0 Å². The Morgan fingerprint density at radius 1 is 1.24 bits per heavy atom. The van der Waals surface area contributed by atoms with E-state index in [2.05, 4.69) is 40.3 Å². The van der Waals surface area contributed by atoms with Gasteiger partial charge in [-0.15, -0.1) is 11.3 Å². The van der Waals surface area contributed by atoms with E-state index >= 15 is 0 Å². The zero-order valence-corrected chi connectivity index (χ0v) is 20.5. The molecular formula is C27H32N4O2S. The van der Waals surface area contributed by atoms with Gasteiger partial charge < -0.3 is 10.2 Å². The molecule has 2 aromatic heterocycles. The Morgan fingerprint density at radius 3 is 2.94 bits per heavy atom. The number of rotatable bonds is 6. The summed E-state index contributed by atoms with van der Waals surface area (Å²) in [4.78, 5) is 35.7. The Balaban J connectivity index is 1.31. The maximum Gasteiger partial charge on any atom is 0.270 e. The molecule has 0 bridgehead atoms. The fourth-order valence-corrected chi connectivity index (χ4v) is 6.04. The van der Waals surface area contributed by atoms with Gasteiger partial charge in [-0.1, -0.05) is 35.9 Å². The van der Waals surface area contributed by atoms with Gasteiger partial charge in [-0.05, 0) is 63.0 Å². The number of thiophene rings is 1. The summed E-state index contributed by atoms with van der Waals surface area (Å²) in [6.07, 6.45) is 9.95. The normalized spacial score (nSPS) is 18.7. The number of H-pyrrole nitrogens is 1. The number of benzene rings is 1. The van der Waals surface area contributed by atoms with Gasteiger partial charge in [0, 0.05) is 30.6 Å². The molecule has 1 unspecified atom stereocenters. The van der Waals surface area contributed by atoms with Gasteiger partial charge in [0.15, 0.2) is 0 Å². The molecule has 2 N–H and O–H groups in total. The molecule has 2 aliphatic rings. The smallest absolute Gasteiger partial charge is 0.270 e. The number of aromatic nitrogens is 2. The molecule has 1 saturated heterocycles. The van der Waals surface area contributed by atoms with Crippen molar-refractivity contribution in [2.45, 2.75) is 51.9 Å². The van der Waals surface area contributed by atoms with Crippen LogP contribution in [-0.4, -0.2) is 35.5 Å².